The Balaban J connectivity index is 0.000000302. The molecule has 114 heavy (non-hydrogen) atoms. The molecule has 1 aromatic carbocycles. The highest BCUT2D eigenvalue weighted by Crippen LogP contribution is 2.36. The van der Waals surface area contributed by atoms with Crippen molar-refractivity contribution >= 4 is 105 Å². The number of Topliss-reactive ketones (excluding diaryl/α,β-unsaturated/α-hetero) is 3. The fraction of sp³-hybridized carbons (Fsp3) is 0.341. The van der Waals surface area contributed by atoms with Crippen LogP contribution < -0.4 is 29.4 Å². The minimum Gasteiger partial charge on any atom is -0.480 e. The lowest BCUT2D eigenvalue weighted by molar-refractivity contribution is -0.133. The molecule has 0 saturated heterocycles. The lowest BCUT2D eigenvalue weighted by atomic mass is 9.97. The number of methoxy groups -OCH3 is 8. The second kappa shape index (κ2) is 49.5. The zero-order valence-corrected chi connectivity index (χ0v) is 73.3. The summed E-state index contributed by atoms with van der Waals surface area (Å²) in [6.07, 6.45) is 15.1. The van der Waals surface area contributed by atoms with Crippen LogP contribution >= 0.6 is 75.9 Å². The average molecular weight is 1830 g/mol. The number of ketones is 3. The first-order chi connectivity index (χ1) is 54.4. The van der Waals surface area contributed by atoms with Gasteiger partial charge in [0.2, 0.25) is 23.5 Å². The number of aryl methyl sites for hydroxylation is 4. The second-order valence-corrected chi connectivity index (χ2v) is 28.2. The number of hydrogen-bond acceptors (Lipinski definition) is 27. The Labute approximate surface area is 701 Å². The van der Waals surface area contributed by atoms with E-state index in [0.29, 0.717) is 50.4 Å². The number of esters is 1. The maximum absolute atomic E-state index is 12.6. The predicted octanol–water partition coefficient (Wildman–Crippen LogP) is 16.3. The molecule has 0 aliphatic heterocycles. The summed E-state index contributed by atoms with van der Waals surface area (Å²) in [5, 5.41) is 36.4. The average Bonchev–Trinajstić information content (AvgIpc) is 0.818. The summed E-state index contributed by atoms with van der Waals surface area (Å²) in [4.78, 5) is 82.8. The summed E-state index contributed by atoms with van der Waals surface area (Å²) in [6, 6.07) is 23.3. The van der Waals surface area contributed by atoms with Gasteiger partial charge in [0.05, 0.1) is 93.9 Å². The number of pyridine rings is 8. The number of halogens is 5. The zero-order chi connectivity index (χ0) is 84.9. The minimum atomic E-state index is -0.410. The van der Waals surface area contributed by atoms with Crippen molar-refractivity contribution in [3.05, 3.63) is 228 Å². The monoisotopic (exact) mass is 1830 g/mol. The number of anilines is 1. The van der Waals surface area contributed by atoms with E-state index in [9.17, 15) is 23.1 Å². The van der Waals surface area contributed by atoms with Gasteiger partial charge >= 0.3 is 5.97 Å². The summed E-state index contributed by atoms with van der Waals surface area (Å²) >= 11 is 14.4. The fourth-order valence-corrected chi connectivity index (χ4v) is 13.5. The Morgan fingerprint density at radius 2 is 0.667 bits per heavy atom. The second-order valence-electron chi connectivity index (χ2n) is 24.7. The fourth-order valence-electron chi connectivity index (χ4n) is 10.8. The number of nitriles is 4. The van der Waals surface area contributed by atoms with E-state index in [1.807, 2.05) is 85.7 Å². The number of carbonyl (C=O) groups is 4. The van der Waals surface area contributed by atoms with Gasteiger partial charge in [-0.3, -0.25) is 39.1 Å². The molecule has 0 aliphatic rings. The number of nitrogens with zero attached hydrogens (tertiary/aromatic N) is 12. The first-order valence-corrected chi connectivity index (χ1v) is 38.8. The van der Waals surface area contributed by atoms with Crippen LogP contribution in [0, 0.1) is 73.0 Å². The number of rotatable bonds is 27. The predicted molar refractivity (Wildman–Crippen MR) is 442 cm³/mol. The highest BCUT2D eigenvalue weighted by molar-refractivity contribution is 9.11. The molecule has 9 rings (SSSR count). The maximum atomic E-state index is 12.6. The van der Waals surface area contributed by atoms with Crippen LogP contribution in [0.4, 0.5) is 9.57 Å². The number of hydrogen-bond donors (Lipinski definition) is 1. The molecule has 0 saturated carbocycles. The molecule has 9 aromatic rings. The Morgan fingerprint density at radius 3 is 0.930 bits per heavy atom. The SMILES string of the molecule is COC(C)c1c(N)cnc(C)c1Br.COc1ncc(CC(=O)Cc2cnc(C)c(Br)c2C(C)OC)cc1C#N.COc1ncc(CC(=O)Cc2cnc(C)c(Br)c2[C@@H](C)OC)cc1C#N.COc1ncc(CC(=O)Cc2cnc(C)c(Br)c2[C@H](C)OC)cc1C#N.COc1ncc(CC(=O)Oc2ccccc2)cc1C#N.CSF. The zero-order valence-electron chi connectivity index (χ0n) is 66.1. The van der Waals surface area contributed by atoms with E-state index in [2.05, 4.69) is 104 Å². The number of para-hydroxylation sites is 1. The number of nitrogen functional groups attached to an aromatic ring is 1. The highest BCUT2D eigenvalue weighted by Gasteiger charge is 2.24. The molecule has 26 nitrogen and oxygen atoms in total. The van der Waals surface area contributed by atoms with Crippen molar-refractivity contribution in [3.63, 3.8) is 0 Å². The molecular formula is C82H88Br4FN13O13S. The molecular weight excluding hydrogens is 1750 g/mol. The standard InChI is InChI=1S/3C19H20BrN3O3.C15H12N2O3.C9H13BrN2O.CH3FS/c3*1-11-18(20)17(12(2)25-3)15(10-22-11)7-16(24)6-13-5-14(8-21)19(26-4)23-9-13;1-19-15-12(9-16)7-11(10-17-15)8-14(18)20-13-5-3-2-4-6-13;1-5-9(10)8(6(2)13-3)7(11)4-12-5;1-3-2/h3*5,9-10,12H,6-7H2,1-4H3;2-7,10H,8H2,1H3;4,6H,11H2,1-3H3;1H3/t2*12-;;;;/m10..../s1. The van der Waals surface area contributed by atoms with Crippen LogP contribution in [-0.2, 0) is 83.1 Å². The number of aromatic nitrogens is 8. The topological polar surface area (TPSA) is 376 Å². The van der Waals surface area contributed by atoms with Crippen LogP contribution in [0.5, 0.6) is 29.3 Å². The number of benzene rings is 1. The van der Waals surface area contributed by atoms with Crippen molar-refractivity contribution < 1.29 is 65.7 Å². The van der Waals surface area contributed by atoms with Crippen molar-refractivity contribution in [2.75, 3.05) is 68.9 Å². The van der Waals surface area contributed by atoms with Crippen molar-refractivity contribution in [1.82, 2.24) is 39.9 Å². The summed E-state index contributed by atoms with van der Waals surface area (Å²) < 4.78 is 60.4. The number of ether oxygens (including phenoxy) is 9. The van der Waals surface area contributed by atoms with Gasteiger partial charge in [0.25, 0.3) is 0 Å². The lowest BCUT2D eigenvalue weighted by Gasteiger charge is -2.18. The largest absolute Gasteiger partial charge is 0.480 e. The smallest absolute Gasteiger partial charge is 0.315 e. The van der Waals surface area contributed by atoms with Gasteiger partial charge in [-0.25, -0.2) is 19.9 Å². The molecule has 8 heterocycles. The van der Waals surface area contributed by atoms with Crippen LogP contribution in [0.15, 0.2) is 122 Å². The molecule has 0 radical (unpaired) electrons. The first-order valence-electron chi connectivity index (χ1n) is 34.5. The highest BCUT2D eigenvalue weighted by atomic mass is 79.9. The first kappa shape index (κ1) is 96.3. The Bertz CT molecular complexity index is 4630. The molecule has 0 amide bonds. The molecule has 4 atom stereocenters. The molecule has 600 valence electrons. The van der Waals surface area contributed by atoms with Gasteiger partial charge in [0, 0.05) is 169 Å². The normalized spacial score (nSPS) is 11.3. The van der Waals surface area contributed by atoms with Gasteiger partial charge in [0.15, 0.2) is 0 Å². The molecule has 8 aromatic heterocycles. The van der Waals surface area contributed by atoms with Gasteiger partial charge in [-0.05, 0) is 194 Å². The molecule has 2 unspecified atom stereocenters. The summed E-state index contributed by atoms with van der Waals surface area (Å²) in [7, 11) is 12.3. The molecule has 0 bridgehead atoms. The van der Waals surface area contributed by atoms with Gasteiger partial charge in [-0.15, -0.1) is 0 Å². The van der Waals surface area contributed by atoms with Crippen LogP contribution in [0.25, 0.3) is 0 Å². The third-order valence-electron chi connectivity index (χ3n) is 16.8. The molecule has 2 N–H and O–H groups in total. The Kier molecular flexibility index (Phi) is 41.8. The van der Waals surface area contributed by atoms with Crippen LogP contribution in [0.3, 0.4) is 0 Å². The Hall–Kier alpha value is -10.1. The van der Waals surface area contributed by atoms with E-state index in [0.717, 1.165) is 79.6 Å². The summed E-state index contributed by atoms with van der Waals surface area (Å²) in [6.45, 7) is 15.4. The van der Waals surface area contributed by atoms with E-state index in [1.165, 1.54) is 40.9 Å². The van der Waals surface area contributed by atoms with Crippen molar-refractivity contribution in [2.24, 2.45) is 0 Å². The van der Waals surface area contributed by atoms with Gasteiger partial charge < -0.3 is 48.4 Å². The molecule has 0 spiro atoms. The van der Waals surface area contributed by atoms with Crippen molar-refractivity contribution in [3.8, 4) is 53.5 Å². The quantitative estimate of drug-likeness (QED) is 0.0369. The van der Waals surface area contributed by atoms with Crippen molar-refractivity contribution in [2.45, 2.75) is 125 Å². The minimum absolute atomic E-state index is 0.00274. The molecule has 32 heteroatoms. The number of carbonyl (C=O) groups excluding carboxylic acids is 4. The van der Waals surface area contributed by atoms with Crippen LogP contribution in [0.1, 0.15) is 158 Å². The van der Waals surface area contributed by atoms with Crippen molar-refractivity contribution in [1.29, 1.82) is 21.0 Å². The lowest BCUT2D eigenvalue weighted by Crippen LogP contribution is -2.12. The van der Waals surface area contributed by atoms with E-state index < -0.39 is 5.97 Å². The van der Waals surface area contributed by atoms with E-state index in [4.69, 9.17) is 69.4 Å². The van der Waals surface area contributed by atoms with E-state index in [1.54, 1.807) is 120 Å². The van der Waals surface area contributed by atoms with Gasteiger partial charge in [-0.2, -0.15) is 24.9 Å². The molecule has 0 fully saturated rings. The molecule has 0 aliphatic carbocycles. The summed E-state index contributed by atoms with van der Waals surface area (Å²) in [5.41, 5.74) is 20.0. The third kappa shape index (κ3) is 28.8. The van der Waals surface area contributed by atoms with Crippen LogP contribution in [0.2, 0.25) is 0 Å². The van der Waals surface area contributed by atoms with E-state index in [-0.39, 0.29) is 128 Å². The van der Waals surface area contributed by atoms with E-state index >= 15 is 0 Å². The summed E-state index contributed by atoms with van der Waals surface area (Å²) in [5.74, 6) is 1.10. The number of nitrogens with two attached hydrogens (primary N) is 1. The Morgan fingerprint density at radius 1 is 0.412 bits per heavy atom. The van der Waals surface area contributed by atoms with Crippen LogP contribution in [-0.4, -0.2) is 126 Å². The van der Waals surface area contributed by atoms with Gasteiger partial charge in [0.1, 0.15) is 69.6 Å². The third-order valence-corrected chi connectivity index (χ3v) is 20.8. The maximum Gasteiger partial charge on any atom is 0.315 e. The van der Waals surface area contributed by atoms with Gasteiger partial charge in [-0.1, -0.05) is 18.2 Å².